The van der Waals surface area contributed by atoms with Gasteiger partial charge in [0.1, 0.15) is 11.4 Å². The van der Waals surface area contributed by atoms with Gasteiger partial charge in [0.05, 0.1) is 6.10 Å². The molecule has 0 spiro atoms. The van der Waals surface area contributed by atoms with E-state index in [1.54, 1.807) is 13.1 Å². The summed E-state index contributed by atoms with van der Waals surface area (Å²) < 4.78 is 0. The summed E-state index contributed by atoms with van der Waals surface area (Å²) in [6.45, 7) is 1.71. The maximum atomic E-state index is 9.30. The van der Waals surface area contributed by atoms with Crippen molar-refractivity contribution in [1.29, 1.82) is 0 Å². The Morgan fingerprint density at radius 1 is 1.40 bits per heavy atom. The second-order valence-corrected chi connectivity index (χ2v) is 4.01. The van der Waals surface area contributed by atoms with E-state index in [-0.39, 0.29) is 0 Å². The summed E-state index contributed by atoms with van der Waals surface area (Å²) in [6.07, 6.45) is 2.62. The van der Waals surface area contributed by atoms with Crippen LogP contribution in [0.2, 0.25) is 0 Å². The zero-order valence-electron chi connectivity index (χ0n) is 8.08. The number of H-pyrrole nitrogens is 1. The van der Waals surface area contributed by atoms with Gasteiger partial charge in [-0.05, 0) is 30.3 Å². The van der Waals surface area contributed by atoms with Gasteiger partial charge in [-0.2, -0.15) is 5.10 Å². The van der Waals surface area contributed by atoms with E-state index in [1.165, 1.54) is 18.1 Å². The van der Waals surface area contributed by atoms with E-state index in [1.807, 2.05) is 12.1 Å². The van der Waals surface area contributed by atoms with E-state index in [4.69, 9.17) is 0 Å². The molecule has 0 radical (unpaired) electrons. The Balaban J connectivity index is 2.11. The van der Waals surface area contributed by atoms with Crippen molar-refractivity contribution in [3.8, 4) is 0 Å². The Morgan fingerprint density at radius 3 is 2.80 bits per heavy atom. The molecule has 0 aliphatic rings. The minimum absolute atomic E-state index is 0.484. The molecular weight excluding hydrogens is 212 g/mol. The molecule has 2 rings (SSSR count). The van der Waals surface area contributed by atoms with Crippen LogP contribution in [-0.2, 0) is 0 Å². The fourth-order valence-electron chi connectivity index (χ4n) is 1.04. The normalized spacial score (nSPS) is 12.7. The van der Waals surface area contributed by atoms with Crippen molar-refractivity contribution in [2.75, 3.05) is 0 Å². The molecule has 0 fully saturated rings. The summed E-state index contributed by atoms with van der Waals surface area (Å²) in [7, 11) is 0. The minimum atomic E-state index is -0.484. The SMILES string of the molecule is C[C@H](O)c1ccc(Sc2ncn[nH]2)nc1. The number of hydrogen-bond donors (Lipinski definition) is 2. The first kappa shape index (κ1) is 10.1. The third kappa shape index (κ3) is 2.54. The molecule has 2 heterocycles. The highest BCUT2D eigenvalue weighted by Gasteiger charge is 2.03. The third-order valence-electron chi connectivity index (χ3n) is 1.84. The van der Waals surface area contributed by atoms with Crippen molar-refractivity contribution in [3.05, 3.63) is 30.2 Å². The molecular formula is C9H10N4OS. The van der Waals surface area contributed by atoms with Gasteiger partial charge in [-0.25, -0.2) is 9.97 Å². The monoisotopic (exact) mass is 222 g/mol. The number of pyridine rings is 1. The number of aromatic nitrogens is 4. The molecule has 0 unspecified atom stereocenters. The van der Waals surface area contributed by atoms with Crippen LogP contribution in [0, 0.1) is 0 Å². The predicted molar refractivity (Wildman–Crippen MR) is 55.4 cm³/mol. The number of nitrogens with one attached hydrogen (secondary N) is 1. The van der Waals surface area contributed by atoms with Crippen LogP contribution in [0.15, 0.2) is 34.8 Å². The number of hydrogen-bond acceptors (Lipinski definition) is 5. The molecule has 5 nitrogen and oxygen atoms in total. The molecule has 15 heavy (non-hydrogen) atoms. The van der Waals surface area contributed by atoms with Gasteiger partial charge in [0, 0.05) is 6.20 Å². The van der Waals surface area contributed by atoms with Crippen LogP contribution in [0.3, 0.4) is 0 Å². The van der Waals surface area contributed by atoms with E-state index in [2.05, 4.69) is 20.2 Å². The molecule has 0 saturated carbocycles. The summed E-state index contributed by atoms with van der Waals surface area (Å²) in [4.78, 5) is 8.17. The minimum Gasteiger partial charge on any atom is -0.389 e. The largest absolute Gasteiger partial charge is 0.389 e. The Bertz CT molecular complexity index is 412. The quantitative estimate of drug-likeness (QED) is 0.821. The molecule has 0 bridgehead atoms. The summed E-state index contributed by atoms with van der Waals surface area (Å²) >= 11 is 1.39. The van der Waals surface area contributed by atoms with Gasteiger partial charge in [-0.1, -0.05) is 6.07 Å². The smallest absolute Gasteiger partial charge is 0.189 e. The highest BCUT2D eigenvalue weighted by Crippen LogP contribution is 2.22. The first-order valence-corrected chi connectivity index (χ1v) is 5.24. The summed E-state index contributed by atoms with van der Waals surface area (Å²) in [5, 5.41) is 17.3. The van der Waals surface area contributed by atoms with Gasteiger partial charge >= 0.3 is 0 Å². The van der Waals surface area contributed by atoms with E-state index >= 15 is 0 Å². The Labute approximate surface area is 91.0 Å². The van der Waals surface area contributed by atoms with Crippen LogP contribution < -0.4 is 0 Å². The molecule has 0 aliphatic carbocycles. The molecule has 0 aromatic carbocycles. The zero-order valence-corrected chi connectivity index (χ0v) is 8.90. The van der Waals surface area contributed by atoms with Crippen LogP contribution in [0.25, 0.3) is 0 Å². The number of aliphatic hydroxyl groups is 1. The lowest BCUT2D eigenvalue weighted by molar-refractivity contribution is 0.198. The molecule has 2 aromatic heterocycles. The molecule has 6 heteroatoms. The Morgan fingerprint density at radius 2 is 2.27 bits per heavy atom. The predicted octanol–water partition coefficient (Wildman–Crippen LogP) is 1.40. The van der Waals surface area contributed by atoms with Crippen molar-refractivity contribution in [1.82, 2.24) is 20.2 Å². The van der Waals surface area contributed by atoms with Crippen LogP contribution in [0.1, 0.15) is 18.6 Å². The maximum absolute atomic E-state index is 9.30. The second-order valence-electron chi connectivity index (χ2n) is 3.00. The highest BCUT2D eigenvalue weighted by atomic mass is 32.2. The second kappa shape index (κ2) is 4.41. The standard InChI is InChI=1S/C9H10N4OS/c1-6(14)7-2-3-8(10-4-7)15-9-11-5-12-13-9/h2-6,14H,1H3,(H,11,12,13)/t6-/m0/s1. The van der Waals surface area contributed by atoms with Gasteiger partial charge in [0.25, 0.3) is 0 Å². The number of aromatic amines is 1. The lowest BCUT2D eigenvalue weighted by Gasteiger charge is -2.03. The van der Waals surface area contributed by atoms with E-state index in [9.17, 15) is 5.11 Å². The van der Waals surface area contributed by atoms with Crippen LogP contribution in [-0.4, -0.2) is 25.3 Å². The van der Waals surface area contributed by atoms with Crippen molar-refractivity contribution in [3.63, 3.8) is 0 Å². The molecule has 1 atom stereocenters. The van der Waals surface area contributed by atoms with Crippen molar-refractivity contribution >= 4 is 11.8 Å². The average molecular weight is 222 g/mol. The van der Waals surface area contributed by atoms with E-state index in [0.29, 0.717) is 5.16 Å². The van der Waals surface area contributed by atoms with Gasteiger partial charge in [-0.15, -0.1) is 0 Å². The Hall–Kier alpha value is -1.40. The Kier molecular flexibility index (Phi) is 2.98. The number of nitrogens with zero attached hydrogens (tertiary/aromatic N) is 3. The molecule has 0 amide bonds. The lowest BCUT2D eigenvalue weighted by Crippen LogP contribution is -1.92. The highest BCUT2D eigenvalue weighted by molar-refractivity contribution is 7.99. The van der Waals surface area contributed by atoms with Gasteiger partial charge in [0.15, 0.2) is 5.16 Å². The molecule has 2 aromatic rings. The van der Waals surface area contributed by atoms with Crippen LogP contribution in [0.4, 0.5) is 0 Å². The first-order chi connectivity index (χ1) is 7.25. The zero-order chi connectivity index (χ0) is 10.7. The average Bonchev–Trinajstić information content (AvgIpc) is 2.71. The first-order valence-electron chi connectivity index (χ1n) is 4.43. The van der Waals surface area contributed by atoms with Crippen LogP contribution in [0.5, 0.6) is 0 Å². The third-order valence-corrected chi connectivity index (χ3v) is 2.68. The molecule has 0 aliphatic heterocycles. The summed E-state index contributed by atoms with van der Waals surface area (Å²) in [5.41, 5.74) is 0.803. The summed E-state index contributed by atoms with van der Waals surface area (Å²) in [6, 6.07) is 3.69. The molecule has 0 saturated heterocycles. The van der Waals surface area contributed by atoms with Crippen molar-refractivity contribution < 1.29 is 5.11 Å². The van der Waals surface area contributed by atoms with Crippen molar-refractivity contribution in [2.45, 2.75) is 23.2 Å². The molecule has 78 valence electrons. The van der Waals surface area contributed by atoms with Crippen molar-refractivity contribution in [2.24, 2.45) is 0 Å². The van der Waals surface area contributed by atoms with Gasteiger partial charge < -0.3 is 5.11 Å². The summed E-state index contributed by atoms with van der Waals surface area (Å²) in [5.74, 6) is 0. The topological polar surface area (TPSA) is 74.7 Å². The van der Waals surface area contributed by atoms with E-state index < -0.39 is 6.10 Å². The van der Waals surface area contributed by atoms with Gasteiger partial charge in [-0.3, -0.25) is 5.10 Å². The molecule has 2 N–H and O–H groups in total. The van der Waals surface area contributed by atoms with Gasteiger partial charge in [0.2, 0.25) is 0 Å². The fourth-order valence-corrected chi connectivity index (χ4v) is 1.68. The van der Waals surface area contributed by atoms with E-state index in [0.717, 1.165) is 10.6 Å². The number of rotatable bonds is 3. The number of aliphatic hydroxyl groups excluding tert-OH is 1. The fraction of sp³-hybridized carbons (Fsp3) is 0.222. The lowest BCUT2D eigenvalue weighted by atomic mass is 10.2. The van der Waals surface area contributed by atoms with Crippen LogP contribution >= 0.6 is 11.8 Å². The maximum Gasteiger partial charge on any atom is 0.189 e.